The number of ether oxygens (including phenoxy) is 29. The van der Waals surface area contributed by atoms with Crippen LogP contribution in [-0.2, 0) is 165 Å². The number of benzene rings is 4. The normalized spacial score (nSPS) is 12.0. The quantitative estimate of drug-likeness (QED) is 0.0207. The van der Waals surface area contributed by atoms with E-state index in [0.29, 0.717) is 356 Å². The lowest BCUT2D eigenvalue weighted by atomic mass is 10.0. The van der Waals surface area contributed by atoms with Gasteiger partial charge in [-0.05, 0) is 74.2 Å². The Kier molecular flexibility index (Phi) is 75.4. The number of fused-ring (bicyclic) bond motifs is 4. The molecule has 0 radical (unpaired) electrons. The van der Waals surface area contributed by atoms with Gasteiger partial charge in [-0.25, -0.2) is 9.97 Å². The van der Waals surface area contributed by atoms with Gasteiger partial charge in [0, 0.05) is 120 Å². The van der Waals surface area contributed by atoms with Crippen molar-refractivity contribution in [1.82, 2.24) is 30.9 Å². The van der Waals surface area contributed by atoms with Crippen LogP contribution in [0.4, 0.5) is 11.5 Å². The lowest BCUT2D eigenvalue weighted by molar-refractivity contribution is -0.132. The van der Waals surface area contributed by atoms with E-state index in [9.17, 15) is 28.8 Å². The zero-order valence-corrected chi connectivity index (χ0v) is 86.2. The molecule has 0 saturated heterocycles. The van der Waals surface area contributed by atoms with Crippen LogP contribution >= 0.6 is 0 Å². The van der Waals surface area contributed by atoms with Crippen molar-refractivity contribution in [2.75, 3.05) is 401 Å². The standard InChI is InChI=1S/C102H162N8O36/c1-5-110(6-2)86-14-18-92-94(76-86)146-95-78-93(113)90-17-16-89(77-91(90)100(95)107-92)144-80-99(116)109-102(82-142-30-22-97(114)104-25-32-121-40-44-127-48-46-123-36-34-117-3,83-143-31-23-98(115)105-26-33-122-41-45-128-52-55-132-60-63-136-65-64-133-57-56-129-49-47-124-37-35-118-4)81-141-29-21-87(111)8-7-27-119-38-42-125-50-53-130-58-61-134-66-68-137-70-72-139-74-75-140-73-71-138-69-67-135-62-59-131-54-51-126-43-39-120-28-20-88(112)15-13-84-9-11-85(12-10-84)79-145-101-106-24-19-96(103)108-101/h9-12,14,16-19,24,76-78H,5-8,13,15,20-23,25-75,79-83H2,1-4H3,(H,104,114)(H,105,115)(H,109,116)(H2,103,106,108). The van der Waals surface area contributed by atoms with E-state index in [1.165, 1.54) is 6.07 Å². The average Bonchev–Trinajstić information content (AvgIpc) is 0.752. The number of methoxy groups -OCH3 is 2. The van der Waals surface area contributed by atoms with Crippen molar-refractivity contribution >= 4 is 62.7 Å². The van der Waals surface area contributed by atoms with Crippen molar-refractivity contribution in [2.45, 2.75) is 77.4 Å². The first-order valence-corrected chi connectivity index (χ1v) is 50.6. The van der Waals surface area contributed by atoms with Crippen LogP contribution in [0.2, 0.25) is 0 Å². The third-order valence-corrected chi connectivity index (χ3v) is 21.0. The maximum Gasteiger partial charge on any atom is 0.318 e. The van der Waals surface area contributed by atoms with Gasteiger partial charge in [0.25, 0.3) is 5.91 Å². The minimum Gasteiger partial charge on any atom is -0.484 e. The summed E-state index contributed by atoms with van der Waals surface area (Å²) in [6.07, 6.45) is 3.57. The second-order valence-electron chi connectivity index (χ2n) is 32.4. The van der Waals surface area contributed by atoms with Crippen molar-refractivity contribution in [1.29, 1.82) is 0 Å². The van der Waals surface area contributed by atoms with Gasteiger partial charge < -0.3 is 168 Å². The first kappa shape index (κ1) is 126. The molecule has 0 fully saturated rings. The van der Waals surface area contributed by atoms with Gasteiger partial charge >= 0.3 is 6.01 Å². The molecule has 5 N–H and O–H groups in total. The summed E-state index contributed by atoms with van der Waals surface area (Å²) in [5.41, 5.74) is 8.39. The van der Waals surface area contributed by atoms with Crippen LogP contribution in [0.3, 0.4) is 0 Å². The van der Waals surface area contributed by atoms with Gasteiger partial charge in [-0.1, -0.05) is 24.3 Å². The Morgan fingerprint density at radius 2 is 0.740 bits per heavy atom. The number of carbonyl (C=O) groups is 5. The fourth-order valence-electron chi connectivity index (χ4n) is 13.3. The first-order valence-electron chi connectivity index (χ1n) is 50.6. The predicted octanol–water partition coefficient (Wildman–Crippen LogP) is 5.53. The SMILES string of the molecule is CCN(CC)c1ccc2nc3c4cc(OCC(=O)NC(COCCC(=O)CCCOCCOCCOCCOCCOCCOCCOCCOCCOCCOCCOCCOCCC(=O)CCc5ccc(COc6nccc(N)n6)cc5)(COCCC(=O)NCCOCCOCCOCCOC)COCCC(=O)NCCOCCOCCOCCOCCOCCOCCOCCOC)ccc4c(=O)cc-3oc2c1. The number of Topliss-reactive ketones (excluding diaryl/α,β-unsaturated/α-hetero) is 2. The number of anilines is 2. The first-order chi connectivity index (χ1) is 71.8. The number of amides is 3. The molecule has 0 saturated carbocycles. The second-order valence-corrected chi connectivity index (χ2v) is 32.4. The molecule has 1 aromatic heterocycles. The lowest BCUT2D eigenvalue weighted by Crippen LogP contribution is -2.59. The van der Waals surface area contributed by atoms with Crippen LogP contribution in [0.5, 0.6) is 11.8 Å². The number of aromatic nitrogens is 3. The molecule has 44 heteroatoms. The van der Waals surface area contributed by atoms with Gasteiger partial charge in [0.1, 0.15) is 46.5 Å². The van der Waals surface area contributed by atoms with Crippen molar-refractivity contribution in [2.24, 2.45) is 0 Å². The van der Waals surface area contributed by atoms with Gasteiger partial charge in [0.2, 0.25) is 11.8 Å². The van der Waals surface area contributed by atoms with Crippen molar-refractivity contribution in [3.63, 3.8) is 0 Å². The highest BCUT2D eigenvalue weighted by Gasteiger charge is 2.35. The maximum absolute atomic E-state index is 14.4. The molecular formula is C102H162N8O36. The Labute approximate surface area is 857 Å². The molecule has 0 bridgehead atoms. The van der Waals surface area contributed by atoms with Crippen molar-refractivity contribution in [3.8, 4) is 23.2 Å². The zero-order valence-electron chi connectivity index (χ0n) is 86.2. The number of ketones is 2. The summed E-state index contributed by atoms with van der Waals surface area (Å²) in [5.74, 6) is -0.336. The molecule has 826 valence electrons. The van der Waals surface area contributed by atoms with E-state index in [4.69, 9.17) is 153 Å². The number of rotatable bonds is 104. The van der Waals surface area contributed by atoms with Crippen LogP contribution in [0, 0.1) is 0 Å². The van der Waals surface area contributed by atoms with E-state index in [1.54, 1.807) is 44.7 Å². The third kappa shape index (κ3) is 64.1. The Morgan fingerprint density at radius 3 is 1.15 bits per heavy atom. The monoisotopic (exact) mass is 2080 g/mol. The molecule has 1 aliphatic heterocycles. The number of nitrogen functional groups attached to an aromatic ring is 1. The summed E-state index contributed by atoms with van der Waals surface area (Å²) in [7, 11) is 3.23. The molecule has 0 spiro atoms. The number of nitrogens with one attached hydrogen (secondary N) is 3. The smallest absolute Gasteiger partial charge is 0.318 e. The zero-order chi connectivity index (χ0) is 104. The van der Waals surface area contributed by atoms with E-state index in [0.717, 1.165) is 29.9 Å². The minimum absolute atomic E-state index is 0.0321. The molecule has 2 heterocycles. The average molecular weight is 2080 g/mol. The number of nitrogens with two attached hydrogens (primary N) is 1. The van der Waals surface area contributed by atoms with Gasteiger partial charge in [0.15, 0.2) is 23.4 Å². The number of hydrogen-bond donors (Lipinski definition) is 4. The molecule has 6 rings (SSSR count). The van der Waals surface area contributed by atoms with E-state index >= 15 is 0 Å². The summed E-state index contributed by atoms with van der Waals surface area (Å²) in [4.78, 5) is 95.0. The molecule has 3 aromatic carbocycles. The number of nitrogens with zero attached hydrogens (tertiary/aromatic N) is 4. The Bertz CT molecular complexity index is 4260. The molecule has 44 nitrogen and oxygen atoms in total. The van der Waals surface area contributed by atoms with Crippen molar-refractivity contribution in [3.05, 3.63) is 100 Å². The summed E-state index contributed by atoms with van der Waals surface area (Å²) in [6.45, 7) is 23.6. The van der Waals surface area contributed by atoms with Crippen LogP contribution in [0.25, 0.3) is 33.3 Å². The number of aryl methyl sites for hydroxylation is 1. The second kappa shape index (κ2) is 87.2. The van der Waals surface area contributed by atoms with Crippen LogP contribution in [0.1, 0.15) is 69.9 Å². The lowest BCUT2D eigenvalue weighted by Gasteiger charge is -2.34. The summed E-state index contributed by atoms with van der Waals surface area (Å²) < 4.78 is 169. The van der Waals surface area contributed by atoms with E-state index in [1.807, 2.05) is 42.5 Å². The van der Waals surface area contributed by atoms with Gasteiger partial charge in [-0.3, -0.25) is 28.8 Å². The number of carbonyl (C=O) groups excluding carboxylic acids is 5. The van der Waals surface area contributed by atoms with Gasteiger partial charge in [0.05, 0.1) is 337 Å². The topological polar surface area (TPSA) is 487 Å². The minimum atomic E-state index is -1.48. The van der Waals surface area contributed by atoms with Crippen LogP contribution in [-0.4, -0.2) is 440 Å². The summed E-state index contributed by atoms with van der Waals surface area (Å²) in [6, 6.07) is 21.7. The molecule has 146 heavy (non-hydrogen) atoms. The molecule has 1 atom stereocenters. The largest absolute Gasteiger partial charge is 0.484 e. The van der Waals surface area contributed by atoms with E-state index < -0.39 is 18.1 Å². The summed E-state index contributed by atoms with van der Waals surface area (Å²) in [5, 5.41) is 9.48. The van der Waals surface area contributed by atoms with E-state index in [-0.39, 0.29) is 138 Å². The highest BCUT2D eigenvalue weighted by molar-refractivity contribution is 5.97. The Balaban J connectivity index is 0.804. The van der Waals surface area contributed by atoms with Crippen LogP contribution < -0.4 is 41.5 Å². The Hall–Kier alpha value is -8.51. The highest BCUT2D eigenvalue weighted by Crippen LogP contribution is 2.34. The molecule has 4 aromatic rings. The predicted molar refractivity (Wildman–Crippen MR) is 538 cm³/mol. The Morgan fingerprint density at radius 1 is 0.363 bits per heavy atom. The molecule has 2 aliphatic rings. The third-order valence-electron chi connectivity index (χ3n) is 21.0. The van der Waals surface area contributed by atoms with Crippen LogP contribution in [0.15, 0.2) is 88.2 Å². The van der Waals surface area contributed by atoms with Gasteiger partial charge in [-0.15, -0.1) is 0 Å². The number of hydrogen-bond acceptors (Lipinski definition) is 41. The maximum atomic E-state index is 14.4. The van der Waals surface area contributed by atoms with Crippen molar-refractivity contribution < 1.29 is 166 Å². The molecular weight excluding hydrogens is 1910 g/mol. The fourth-order valence-corrected chi connectivity index (χ4v) is 13.3. The highest BCUT2D eigenvalue weighted by atomic mass is 16.6. The molecule has 1 aliphatic carbocycles. The molecule has 3 amide bonds. The fraction of sp³-hybridized carbons (Fsp3) is 0.696. The van der Waals surface area contributed by atoms with Gasteiger partial charge in [-0.2, -0.15) is 4.98 Å². The molecule has 1 unspecified atom stereocenters. The summed E-state index contributed by atoms with van der Waals surface area (Å²) >= 11 is 0. The van der Waals surface area contributed by atoms with E-state index in [2.05, 4.69) is 44.7 Å².